The van der Waals surface area contributed by atoms with E-state index in [0.717, 1.165) is 82.5 Å². The van der Waals surface area contributed by atoms with E-state index in [0.29, 0.717) is 28.4 Å². The molecule has 0 aliphatic rings. The second-order valence-corrected chi connectivity index (χ2v) is 13.2. The maximum absolute atomic E-state index is 10.5. The van der Waals surface area contributed by atoms with Gasteiger partial charge in [-0.15, -0.1) is 0 Å². The fourth-order valence-electron chi connectivity index (χ4n) is 7.99. The number of nitriles is 1. The average Bonchev–Trinajstić information content (AvgIpc) is 3.91. The van der Waals surface area contributed by atoms with Gasteiger partial charge in [-0.3, -0.25) is 0 Å². The van der Waals surface area contributed by atoms with E-state index in [2.05, 4.69) is 77.4 Å². The summed E-state index contributed by atoms with van der Waals surface area (Å²) in [5.74, 6) is 0.509. The van der Waals surface area contributed by atoms with E-state index in [-0.39, 0.29) is 0 Å². The van der Waals surface area contributed by atoms with Gasteiger partial charge in [0.25, 0.3) is 0 Å². The molecule has 0 saturated carbocycles. The predicted molar refractivity (Wildman–Crippen MR) is 212 cm³/mol. The third-order valence-electron chi connectivity index (χ3n) is 10.3. The summed E-state index contributed by atoms with van der Waals surface area (Å²) in [6, 6.07) is 55.4. The van der Waals surface area contributed by atoms with Crippen molar-refractivity contribution in [3.63, 3.8) is 0 Å². The molecule has 7 aromatic carbocycles. The molecule has 0 bridgehead atoms. The van der Waals surface area contributed by atoms with Crippen LogP contribution in [0.4, 0.5) is 0 Å². The third-order valence-corrected chi connectivity index (χ3v) is 10.3. The van der Waals surface area contributed by atoms with Crippen molar-refractivity contribution >= 4 is 65.7 Å². The van der Waals surface area contributed by atoms with Gasteiger partial charge in [0.05, 0.1) is 33.5 Å². The van der Waals surface area contributed by atoms with Crippen molar-refractivity contribution in [2.75, 3.05) is 0 Å². The summed E-state index contributed by atoms with van der Waals surface area (Å²) in [5.41, 5.74) is 10.2. The van der Waals surface area contributed by atoms with Crippen LogP contribution in [0.2, 0.25) is 0 Å². The first-order valence-electron chi connectivity index (χ1n) is 17.5. The van der Waals surface area contributed by atoms with Gasteiger partial charge in [0, 0.05) is 43.6 Å². The minimum atomic E-state index is 0.428. The van der Waals surface area contributed by atoms with E-state index in [1.165, 1.54) is 0 Å². The Morgan fingerprint density at radius 2 is 1.08 bits per heavy atom. The lowest BCUT2D eigenvalue weighted by atomic mass is 9.99. The summed E-state index contributed by atoms with van der Waals surface area (Å²) < 4.78 is 15.6. The predicted octanol–water partition coefficient (Wildman–Crippen LogP) is 12.2. The Labute approximate surface area is 302 Å². The van der Waals surface area contributed by atoms with Gasteiger partial charge in [0.1, 0.15) is 28.4 Å². The van der Waals surface area contributed by atoms with Crippen molar-refractivity contribution in [1.82, 2.24) is 14.5 Å². The third kappa shape index (κ3) is 4.25. The largest absolute Gasteiger partial charge is 0.456 e. The Morgan fingerprint density at radius 3 is 1.75 bits per heavy atom. The average molecular weight is 679 g/mol. The molecule has 4 heterocycles. The normalized spacial score (nSPS) is 11.8. The van der Waals surface area contributed by atoms with Crippen LogP contribution in [0.15, 0.2) is 167 Å². The van der Waals surface area contributed by atoms with Crippen LogP contribution < -0.4 is 0 Å². The van der Waals surface area contributed by atoms with Crippen LogP contribution in [-0.4, -0.2) is 14.5 Å². The minimum Gasteiger partial charge on any atom is -0.456 e. The molecule has 0 atom stereocenters. The highest BCUT2D eigenvalue weighted by molar-refractivity contribution is 6.25. The number of aromatic nitrogens is 3. The molecule has 6 heteroatoms. The summed E-state index contributed by atoms with van der Waals surface area (Å²) in [5, 5.41) is 16.8. The fraction of sp³-hybridized carbons (Fsp3) is 0. The van der Waals surface area contributed by atoms with E-state index in [1.807, 2.05) is 91.0 Å². The summed E-state index contributed by atoms with van der Waals surface area (Å²) in [6.45, 7) is 0. The summed E-state index contributed by atoms with van der Waals surface area (Å²) in [6.07, 6.45) is 0. The number of para-hydroxylation sites is 3. The van der Waals surface area contributed by atoms with Crippen LogP contribution in [0, 0.1) is 11.3 Å². The van der Waals surface area contributed by atoms with Crippen molar-refractivity contribution in [1.29, 1.82) is 5.26 Å². The van der Waals surface area contributed by atoms with Crippen molar-refractivity contribution < 1.29 is 8.83 Å². The molecule has 11 aromatic rings. The Kier molecular flexibility index (Phi) is 6.22. The summed E-state index contributed by atoms with van der Waals surface area (Å²) in [7, 11) is 0. The Morgan fingerprint density at radius 1 is 0.491 bits per heavy atom. The number of rotatable bonds is 4. The zero-order valence-corrected chi connectivity index (χ0v) is 28.1. The first-order chi connectivity index (χ1) is 26.3. The Balaban J connectivity index is 1.27. The first kappa shape index (κ1) is 29.3. The maximum Gasteiger partial charge on any atom is 0.161 e. The molecule has 0 aliphatic heterocycles. The van der Waals surface area contributed by atoms with E-state index in [9.17, 15) is 5.26 Å². The van der Waals surface area contributed by atoms with Crippen LogP contribution >= 0.6 is 0 Å². The second-order valence-electron chi connectivity index (χ2n) is 13.2. The number of benzene rings is 7. The van der Waals surface area contributed by atoms with Crippen LogP contribution in [0.5, 0.6) is 0 Å². The molecule has 0 aliphatic carbocycles. The molecule has 53 heavy (non-hydrogen) atoms. The van der Waals surface area contributed by atoms with Crippen molar-refractivity contribution in [2.24, 2.45) is 0 Å². The highest BCUT2D eigenvalue weighted by Crippen LogP contribution is 2.45. The lowest BCUT2D eigenvalue weighted by molar-refractivity contribution is 0.666. The SMILES string of the molecule is N#Cc1c(-c2ccccc2)nc(-c2ccc(-n3c4ccccc4c4ccc5oc6ccccc6c5c43)c3oc4ccccc4c23)nc1-c1ccccc1. The summed E-state index contributed by atoms with van der Waals surface area (Å²) >= 11 is 0. The van der Waals surface area contributed by atoms with Gasteiger partial charge < -0.3 is 13.4 Å². The van der Waals surface area contributed by atoms with Crippen LogP contribution in [-0.2, 0) is 0 Å². The van der Waals surface area contributed by atoms with E-state index in [1.54, 1.807) is 0 Å². The van der Waals surface area contributed by atoms with Gasteiger partial charge in [-0.2, -0.15) is 5.26 Å². The van der Waals surface area contributed by atoms with Crippen LogP contribution in [0.3, 0.4) is 0 Å². The zero-order chi connectivity index (χ0) is 35.0. The van der Waals surface area contributed by atoms with E-state index < -0.39 is 0 Å². The summed E-state index contributed by atoms with van der Waals surface area (Å²) in [4.78, 5) is 10.3. The number of hydrogen-bond donors (Lipinski definition) is 0. The second kappa shape index (κ2) is 11.3. The molecule has 6 nitrogen and oxygen atoms in total. The smallest absolute Gasteiger partial charge is 0.161 e. The number of fused-ring (bicyclic) bond motifs is 10. The Hall–Kier alpha value is -7.49. The highest BCUT2D eigenvalue weighted by atomic mass is 16.3. The monoisotopic (exact) mass is 678 g/mol. The van der Waals surface area contributed by atoms with Crippen molar-refractivity contribution in [2.45, 2.75) is 0 Å². The molecule has 11 rings (SSSR count). The van der Waals surface area contributed by atoms with E-state index >= 15 is 0 Å². The van der Waals surface area contributed by atoms with Gasteiger partial charge in [-0.05, 0) is 42.5 Å². The van der Waals surface area contributed by atoms with E-state index in [4.69, 9.17) is 18.8 Å². The molecule has 0 spiro atoms. The minimum absolute atomic E-state index is 0.428. The first-order valence-corrected chi connectivity index (χ1v) is 17.5. The van der Waals surface area contributed by atoms with Gasteiger partial charge >= 0.3 is 0 Å². The fourth-order valence-corrected chi connectivity index (χ4v) is 7.99. The maximum atomic E-state index is 10.5. The van der Waals surface area contributed by atoms with Gasteiger partial charge in [-0.1, -0.05) is 115 Å². The molecular formula is C47H26N4O2. The van der Waals surface area contributed by atoms with Crippen LogP contribution in [0.25, 0.3) is 105 Å². The number of hydrogen-bond acceptors (Lipinski definition) is 5. The standard InChI is InChI=1S/C47H26N4O2/c48-27-35-43(28-13-3-1-4-14-28)49-47(50-44(35)29-15-5-2-6-16-29)34-23-25-37(46-41(34)32-18-8-12-22-39(32)53-46)51-36-20-10-7-17-30(36)31-24-26-40-42(45(31)51)33-19-9-11-21-38(33)52-40/h1-26H. The molecule has 4 aromatic heterocycles. The number of nitrogens with zero attached hydrogens (tertiary/aromatic N) is 4. The molecule has 0 saturated heterocycles. The quantitative estimate of drug-likeness (QED) is 0.185. The van der Waals surface area contributed by atoms with Crippen LogP contribution in [0.1, 0.15) is 5.56 Å². The lowest BCUT2D eigenvalue weighted by Crippen LogP contribution is -2.02. The van der Waals surface area contributed by atoms with Gasteiger partial charge in [-0.25, -0.2) is 9.97 Å². The molecule has 0 unspecified atom stereocenters. The Bertz CT molecular complexity index is 3230. The molecule has 0 N–H and O–H groups in total. The molecule has 0 amide bonds. The van der Waals surface area contributed by atoms with Gasteiger partial charge in [0.15, 0.2) is 11.4 Å². The molecule has 0 fully saturated rings. The van der Waals surface area contributed by atoms with Gasteiger partial charge in [0.2, 0.25) is 0 Å². The van der Waals surface area contributed by atoms with Crippen molar-refractivity contribution in [3.05, 3.63) is 163 Å². The van der Waals surface area contributed by atoms with Crippen molar-refractivity contribution in [3.8, 4) is 45.7 Å². The highest BCUT2D eigenvalue weighted by Gasteiger charge is 2.25. The molecule has 246 valence electrons. The zero-order valence-electron chi connectivity index (χ0n) is 28.1. The topological polar surface area (TPSA) is 80.8 Å². The molecule has 0 radical (unpaired) electrons. The number of furan rings is 2. The lowest BCUT2D eigenvalue weighted by Gasteiger charge is -2.14. The molecular weight excluding hydrogens is 653 g/mol.